The van der Waals surface area contributed by atoms with E-state index in [4.69, 9.17) is 0 Å². The van der Waals surface area contributed by atoms with E-state index in [1.165, 1.54) is 0 Å². The van der Waals surface area contributed by atoms with E-state index < -0.39 is 10.0 Å². The van der Waals surface area contributed by atoms with Crippen molar-refractivity contribution in [2.24, 2.45) is 0 Å². The van der Waals surface area contributed by atoms with Crippen molar-refractivity contribution < 1.29 is 8.42 Å². The Hall–Kier alpha value is -2.60. The van der Waals surface area contributed by atoms with Crippen LogP contribution in [0.2, 0.25) is 0 Å². The van der Waals surface area contributed by atoms with Crippen molar-refractivity contribution in [1.82, 2.24) is 9.97 Å². The third kappa shape index (κ3) is 3.78. The summed E-state index contributed by atoms with van der Waals surface area (Å²) < 4.78 is 27.4. The lowest BCUT2D eigenvalue weighted by Crippen LogP contribution is -2.15. The second-order valence-corrected chi connectivity index (χ2v) is 7.06. The highest BCUT2D eigenvalue weighted by molar-refractivity contribution is 7.91. The van der Waals surface area contributed by atoms with Crippen molar-refractivity contribution in [3.63, 3.8) is 0 Å². The number of hydrogen-bond donors (Lipinski definition) is 2. The van der Waals surface area contributed by atoms with E-state index in [1.807, 2.05) is 43.3 Å². The van der Waals surface area contributed by atoms with Gasteiger partial charge in [0.2, 0.25) is 10.0 Å². The Balaban J connectivity index is 1.81. The van der Waals surface area contributed by atoms with Gasteiger partial charge in [0.25, 0.3) is 0 Å². The predicted molar refractivity (Wildman–Crippen MR) is 91.4 cm³/mol. The molecule has 5 nitrogen and oxygen atoms in total. The van der Waals surface area contributed by atoms with Crippen LogP contribution in [0, 0.1) is 6.92 Å². The zero-order chi connectivity index (χ0) is 16.3. The number of nitrogens with zero attached hydrogens (tertiary/aromatic N) is 1. The average molecular weight is 327 g/mol. The molecule has 0 fully saturated rings. The van der Waals surface area contributed by atoms with Crippen molar-refractivity contribution >= 4 is 15.7 Å². The molecule has 0 bridgehead atoms. The Labute approximate surface area is 135 Å². The summed E-state index contributed by atoms with van der Waals surface area (Å²) >= 11 is 0. The van der Waals surface area contributed by atoms with Crippen molar-refractivity contribution in [1.29, 1.82) is 0 Å². The van der Waals surface area contributed by atoms with Gasteiger partial charge < -0.3 is 4.98 Å². The zero-order valence-corrected chi connectivity index (χ0v) is 13.5. The fourth-order valence-electron chi connectivity index (χ4n) is 2.36. The summed E-state index contributed by atoms with van der Waals surface area (Å²) in [5, 5.41) is 0. The monoisotopic (exact) mass is 327 g/mol. The minimum Gasteiger partial charge on any atom is -0.345 e. The maximum Gasteiger partial charge on any atom is 0.236 e. The third-order valence-corrected chi connectivity index (χ3v) is 4.79. The lowest BCUT2D eigenvalue weighted by molar-refractivity contribution is 0.600. The number of rotatable bonds is 5. The van der Waals surface area contributed by atoms with Gasteiger partial charge in [-0.15, -0.1) is 0 Å². The van der Waals surface area contributed by atoms with Crippen LogP contribution >= 0.6 is 0 Å². The molecule has 118 valence electrons. The fourth-order valence-corrected chi connectivity index (χ4v) is 3.65. The van der Waals surface area contributed by atoms with Crippen LogP contribution in [0.1, 0.15) is 11.1 Å². The molecule has 23 heavy (non-hydrogen) atoms. The molecule has 3 aromatic rings. The molecule has 0 spiro atoms. The van der Waals surface area contributed by atoms with Gasteiger partial charge in [-0.05, 0) is 30.2 Å². The van der Waals surface area contributed by atoms with Crippen LogP contribution < -0.4 is 4.72 Å². The summed E-state index contributed by atoms with van der Waals surface area (Å²) in [6.07, 6.45) is 3.28. The Morgan fingerprint density at radius 1 is 1.13 bits per heavy atom. The standard InChI is InChI=1S/C17H17N3O2S/c1-13-5-2-3-6-15(13)11-23(21,22)20-16-8-4-7-14(9-16)17-10-18-12-19-17/h2-10,12,20H,11H2,1H3,(H,18,19). The topological polar surface area (TPSA) is 74.8 Å². The number of sulfonamides is 1. The lowest BCUT2D eigenvalue weighted by atomic mass is 10.1. The van der Waals surface area contributed by atoms with Crippen molar-refractivity contribution in [3.05, 3.63) is 72.2 Å². The molecule has 0 amide bonds. The smallest absolute Gasteiger partial charge is 0.236 e. The van der Waals surface area contributed by atoms with E-state index in [1.54, 1.807) is 24.7 Å². The quantitative estimate of drug-likeness (QED) is 0.755. The van der Waals surface area contributed by atoms with Gasteiger partial charge in [0.15, 0.2) is 0 Å². The molecule has 0 saturated heterocycles. The van der Waals surface area contributed by atoms with Crippen molar-refractivity contribution in [2.75, 3.05) is 4.72 Å². The van der Waals surface area contributed by atoms with Crippen LogP contribution in [-0.2, 0) is 15.8 Å². The maximum absolute atomic E-state index is 12.4. The molecule has 0 atom stereocenters. The molecular formula is C17H17N3O2S. The van der Waals surface area contributed by atoms with Gasteiger partial charge in [0.05, 0.1) is 24.0 Å². The molecule has 3 rings (SSSR count). The second-order valence-electron chi connectivity index (χ2n) is 5.33. The number of aromatic nitrogens is 2. The SMILES string of the molecule is Cc1ccccc1CS(=O)(=O)Nc1cccc(-c2cnc[nH]2)c1. The summed E-state index contributed by atoms with van der Waals surface area (Å²) in [4.78, 5) is 6.98. The molecular weight excluding hydrogens is 310 g/mol. The number of hydrogen-bond acceptors (Lipinski definition) is 3. The Morgan fingerprint density at radius 2 is 1.96 bits per heavy atom. The largest absolute Gasteiger partial charge is 0.345 e. The van der Waals surface area contributed by atoms with Gasteiger partial charge in [-0.2, -0.15) is 0 Å². The van der Waals surface area contributed by atoms with Gasteiger partial charge >= 0.3 is 0 Å². The number of aromatic amines is 1. The molecule has 0 aliphatic rings. The maximum atomic E-state index is 12.4. The number of aryl methyl sites for hydroxylation is 1. The first-order chi connectivity index (χ1) is 11.0. The summed E-state index contributed by atoms with van der Waals surface area (Å²) in [6, 6.07) is 14.7. The van der Waals surface area contributed by atoms with Gasteiger partial charge in [-0.1, -0.05) is 36.4 Å². The minimum absolute atomic E-state index is 0.0477. The van der Waals surface area contributed by atoms with Crippen molar-refractivity contribution in [2.45, 2.75) is 12.7 Å². The Morgan fingerprint density at radius 3 is 2.70 bits per heavy atom. The van der Waals surface area contributed by atoms with Crippen LogP contribution in [-0.4, -0.2) is 18.4 Å². The van der Waals surface area contributed by atoms with E-state index in [-0.39, 0.29) is 5.75 Å². The van der Waals surface area contributed by atoms with Gasteiger partial charge in [0, 0.05) is 11.3 Å². The van der Waals surface area contributed by atoms with Gasteiger partial charge in [-0.25, -0.2) is 13.4 Å². The molecule has 0 aliphatic carbocycles. The normalized spacial score (nSPS) is 11.3. The Bertz CT molecular complexity index is 903. The number of anilines is 1. The number of imidazole rings is 1. The van der Waals surface area contributed by atoms with E-state index in [0.29, 0.717) is 5.69 Å². The van der Waals surface area contributed by atoms with E-state index in [9.17, 15) is 8.42 Å². The predicted octanol–water partition coefficient (Wildman–Crippen LogP) is 3.33. The third-order valence-electron chi connectivity index (χ3n) is 3.55. The second kappa shape index (κ2) is 6.26. The van der Waals surface area contributed by atoms with Crippen LogP contribution in [0.5, 0.6) is 0 Å². The van der Waals surface area contributed by atoms with E-state index in [0.717, 1.165) is 22.4 Å². The van der Waals surface area contributed by atoms with Crippen molar-refractivity contribution in [3.8, 4) is 11.3 Å². The molecule has 0 aliphatic heterocycles. The van der Waals surface area contributed by atoms with Gasteiger partial charge in [-0.3, -0.25) is 4.72 Å². The first-order valence-electron chi connectivity index (χ1n) is 7.17. The lowest BCUT2D eigenvalue weighted by Gasteiger charge is -2.10. The molecule has 1 aromatic heterocycles. The Kier molecular flexibility index (Phi) is 4.16. The van der Waals surface area contributed by atoms with Gasteiger partial charge in [0.1, 0.15) is 0 Å². The molecule has 6 heteroatoms. The first-order valence-corrected chi connectivity index (χ1v) is 8.82. The van der Waals surface area contributed by atoms with Crippen LogP contribution in [0.4, 0.5) is 5.69 Å². The zero-order valence-electron chi connectivity index (χ0n) is 12.7. The van der Waals surface area contributed by atoms with E-state index in [2.05, 4.69) is 14.7 Å². The van der Waals surface area contributed by atoms with Crippen LogP contribution in [0.25, 0.3) is 11.3 Å². The van der Waals surface area contributed by atoms with Crippen LogP contribution in [0.3, 0.4) is 0 Å². The molecule has 0 saturated carbocycles. The molecule has 2 aromatic carbocycles. The molecule has 0 unspecified atom stereocenters. The highest BCUT2D eigenvalue weighted by atomic mass is 32.2. The molecule has 2 N–H and O–H groups in total. The summed E-state index contributed by atoms with van der Waals surface area (Å²) in [7, 11) is -3.47. The fraction of sp³-hybridized carbons (Fsp3) is 0.118. The highest BCUT2D eigenvalue weighted by Gasteiger charge is 2.13. The van der Waals surface area contributed by atoms with Crippen LogP contribution in [0.15, 0.2) is 61.1 Å². The summed E-state index contributed by atoms with van der Waals surface area (Å²) in [6.45, 7) is 1.91. The number of H-pyrrole nitrogens is 1. The molecule has 0 radical (unpaired) electrons. The summed E-state index contributed by atoms with van der Waals surface area (Å²) in [5.41, 5.74) is 4.00. The average Bonchev–Trinajstić information content (AvgIpc) is 3.03. The number of benzene rings is 2. The number of nitrogens with one attached hydrogen (secondary N) is 2. The summed E-state index contributed by atoms with van der Waals surface area (Å²) in [5.74, 6) is -0.0477. The minimum atomic E-state index is -3.47. The first kappa shape index (κ1) is 15.3. The molecule has 1 heterocycles. The van der Waals surface area contributed by atoms with E-state index >= 15 is 0 Å². The highest BCUT2D eigenvalue weighted by Crippen LogP contribution is 2.22.